The van der Waals surface area contributed by atoms with Crippen LogP contribution in [0.2, 0.25) is 0 Å². The fourth-order valence-corrected chi connectivity index (χ4v) is 2.43. The van der Waals surface area contributed by atoms with Crippen molar-refractivity contribution in [1.29, 1.82) is 0 Å². The Morgan fingerprint density at radius 3 is 2.35 bits per heavy atom. The third kappa shape index (κ3) is 3.99. The molecule has 0 saturated carbocycles. The average Bonchev–Trinajstić information content (AvgIpc) is 2.67. The summed E-state index contributed by atoms with van der Waals surface area (Å²) in [6.07, 6.45) is 4.72. The van der Waals surface area contributed by atoms with Crippen molar-refractivity contribution >= 4 is 34.7 Å². The predicted molar refractivity (Wildman–Crippen MR) is 99.7 cm³/mol. The van der Waals surface area contributed by atoms with Gasteiger partial charge in [-0.25, -0.2) is 9.97 Å². The van der Waals surface area contributed by atoms with Crippen LogP contribution in [0.3, 0.4) is 0 Å². The molecule has 0 aliphatic heterocycles. The number of nitro groups is 1. The van der Waals surface area contributed by atoms with Crippen LogP contribution in [-0.2, 0) is 0 Å². The number of nitrogens with zero attached hydrogens (tertiary/aromatic N) is 3. The molecule has 1 heterocycles. The van der Waals surface area contributed by atoms with Crippen LogP contribution in [0.25, 0.3) is 23.5 Å². The Morgan fingerprint density at radius 2 is 1.73 bits per heavy atom. The van der Waals surface area contributed by atoms with E-state index < -0.39 is 10.2 Å². The molecule has 26 heavy (non-hydrogen) atoms. The van der Waals surface area contributed by atoms with Crippen LogP contribution in [0.4, 0.5) is 5.69 Å². The van der Waals surface area contributed by atoms with Gasteiger partial charge in [0.25, 0.3) is 10.9 Å². The Morgan fingerprint density at radius 1 is 1.04 bits per heavy atom. The van der Waals surface area contributed by atoms with E-state index in [4.69, 9.17) is 11.6 Å². The Kier molecular flexibility index (Phi) is 5.15. The molecule has 3 rings (SSSR count). The fraction of sp³-hybridized carbons (Fsp3) is 0. The molecule has 6 nitrogen and oxygen atoms in total. The van der Waals surface area contributed by atoms with Gasteiger partial charge in [0.15, 0.2) is 5.82 Å². The van der Waals surface area contributed by atoms with Gasteiger partial charge in [-0.3, -0.25) is 14.9 Å². The molecule has 0 atom stereocenters. The highest BCUT2D eigenvalue weighted by molar-refractivity contribution is 6.68. The monoisotopic (exact) mass is 365 g/mol. The van der Waals surface area contributed by atoms with Crippen molar-refractivity contribution in [2.24, 2.45) is 0 Å². The molecule has 0 saturated heterocycles. The van der Waals surface area contributed by atoms with Gasteiger partial charge in [0.1, 0.15) is 0 Å². The Hall–Kier alpha value is -3.38. The van der Waals surface area contributed by atoms with Gasteiger partial charge in [0.05, 0.1) is 16.2 Å². The van der Waals surface area contributed by atoms with E-state index in [1.54, 1.807) is 24.3 Å². The summed E-state index contributed by atoms with van der Waals surface area (Å²) in [6.45, 7) is 0. The van der Waals surface area contributed by atoms with E-state index in [0.717, 1.165) is 11.1 Å². The van der Waals surface area contributed by atoms with Gasteiger partial charge >= 0.3 is 0 Å². The molecule has 0 spiro atoms. The number of aromatic nitrogens is 2. The molecule has 1 aromatic heterocycles. The van der Waals surface area contributed by atoms with Crippen molar-refractivity contribution in [3.8, 4) is 11.4 Å². The lowest BCUT2D eigenvalue weighted by atomic mass is 10.1. The summed E-state index contributed by atoms with van der Waals surface area (Å²) in [5.74, 6) is 0.468. The van der Waals surface area contributed by atoms with Crippen LogP contribution in [-0.4, -0.2) is 20.1 Å². The predicted octanol–water partition coefficient (Wildman–Crippen LogP) is 4.60. The zero-order valence-corrected chi connectivity index (χ0v) is 14.1. The molecule has 0 fully saturated rings. The highest BCUT2D eigenvalue weighted by Crippen LogP contribution is 2.20. The number of non-ortho nitro benzene ring substituents is 1. The molecule has 0 N–H and O–H groups in total. The largest absolute Gasteiger partial charge is 0.275 e. The maximum Gasteiger partial charge on any atom is 0.269 e. The van der Waals surface area contributed by atoms with Crippen molar-refractivity contribution < 1.29 is 9.72 Å². The molecule has 0 aliphatic rings. The second-order valence-electron chi connectivity index (χ2n) is 5.31. The first kappa shape index (κ1) is 17.4. The first-order valence-electron chi connectivity index (χ1n) is 7.59. The maximum atomic E-state index is 11.6. The molecule has 0 amide bonds. The lowest BCUT2D eigenvalue weighted by molar-refractivity contribution is -0.384. The zero-order valence-electron chi connectivity index (χ0n) is 13.4. The van der Waals surface area contributed by atoms with Crippen LogP contribution in [0.5, 0.6) is 0 Å². The van der Waals surface area contributed by atoms with E-state index in [0.29, 0.717) is 11.5 Å². The van der Waals surface area contributed by atoms with E-state index in [1.165, 1.54) is 18.3 Å². The minimum absolute atomic E-state index is 0.00664. The number of carbonyl (C=O) groups is 1. The smallest absolute Gasteiger partial charge is 0.269 e. The first-order valence-corrected chi connectivity index (χ1v) is 7.97. The highest BCUT2D eigenvalue weighted by Gasteiger charge is 2.12. The van der Waals surface area contributed by atoms with E-state index in [-0.39, 0.29) is 11.3 Å². The van der Waals surface area contributed by atoms with Crippen molar-refractivity contribution in [2.45, 2.75) is 0 Å². The van der Waals surface area contributed by atoms with Crippen LogP contribution in [0.1, 0.15) is 21.6 Å². The molecule has 0 aliphatic carbocycles. The molecule has 0 bridgehead atoms. The number of carbonyl (C=O) groups excluding carboxylic acids is 1. The Bertz CT molecular complexity index is 987. The number of nitro benzene ring substituents is 1. The zero-order chi connectivity index (χ0) is 18.5. The Balaban J connectivity index is 1.96. The summed E-state index contributed by atoms with van der Waals surface area (Å²) in [5, 5.41) is 10.0. The lowest BCUT2D eigenvalue weighted by Gasteiger charge is -2.04. The number of benzene rings is 2. The third-order valence-electron chi connectivity index (χ3n) is 3.60. The topological polar surface area (TPSA) is 86.0 Å². The third-order valence-corrected chi connectivity index (χ3v) is 3.80. The summed E-state index contributed by atoms with van der Waals surface area (Å²) >= 11 is 5.62. The summed E-state index contributed by atoms with van der Waals surface area (Å²) < 4.78 is 0. The van der Waals surface area contributed by atoms with Crippen molar-refractivity contribution in [2.75, 3.05) is 0 Å². The average molecular weight is 366 g/mol. The summed E-state index contributed by atoms with van der Waals surface area (Å²) in [5.41, 5.74) is 2.10. The van der Waals surface area contributed by atoms with Crippen LogP contribution < -0.4 is 0 Å². The number of halogens is 1. The van der Waals surface area contributed by atoms with Crippen LogP contribution >= 0.6 is 11.6 Å². The summed E-state index contributed by atoms with van der Waals surface area (Å²) in [7, 11) is 0. The normalized spacial score (nSPS) is 10.8. The van der Waals surface area contributed by atoms with Crippen molar-refractivity contribution in [3.05, 3.63) is 87.7 Å². The van der Waals surface area contributed by atoms with Gasteiger partial charge in [0.2, 0.25) is 0 Å². The molecule has 2 aromatic carbocycles. The highest BCUT2D eigenvalue weighted by atomic mass is 35.5. The van der Waals surface area contributed by atoms with E-state index >= 15 is 0 Å². The van der Waals surface area contributed by atoms with Gasteiger partial charge in [-0.05, 0) is 35.4 Å². The molecule has 128 valence electrons. The van der Waals surface area contributed by atoms with Gasteiger partial charge in [0, 0.05) is 23.9 Å². The molecular weight excluding hydrogens is 354 g/mol. The quantitative estimate of drug-likeness (QED) is 0.374. The molecule has 7 heteroatoms. The molecule has 0 radical (unpaired) electrons. The number of rotatable bonds is 5. The minimum Gasteiger partial charge on any atom is -0.275 e. The summed E-state index contributed by atoms with van der Waals surface area (Å²) in [6, 6.07) is 15.4. The van der Waals surface area contributed by atoms with Gasteiger partial charge in [-0.2, -0.15) is 0 Å². The SMILES string of the molecule is O=C(Cl)c1cnc(-c2ccccc2)nc1/C=C/c1ccc([N+](=O)[O-])cc1. The molecule has 3 aromatic rings. The van der Waals surface area contributed by atoms with Gasteiger partial charge in [-0.1, -0.05) is 36.4 Å². The van der Waals surface area contributed by atoms with Crippen LogP contribution in [0, 0.1) is 10.1 Å². The van der Waals surface area contributed by atoms with Gasteiger partial charge < -0.3 is 0 Å². The fourth-order valence-electron chi connectivity index (χ4n) is 2.28. The maximum absolute atomic E-state index is 11.6. The lowest BCUT2D eigenvalue weighted by Crippen LogP contribution is -2.00. The van der Waals surface area contributed by atoms with E-state index in [1.807, 2.05) is 30.3 Å². The minimum atomic E-state index is -0.659. The van der Waals surface area contributed by atoms with E-state index in [2.05, 4.69) is 9.97 Å². The van der Waals surface area contributed by atoms with Crippen LogP contribution in [0.15, 0.2) is 60.8 Å². The Labute approximate surface area is 154 Å². The van der Waals surface area contributed by atoms with E-state index in [9.17, 15) is 14.9 Å². The molecule has 0 unspecified atom stereocenters. The summed E-state index contributed by atoms with van der Waals surface area (Å²) in [4.78, 5) is 30.5. The number of hydrogen-bond acceptors (Lipinski definition) is 5. The first-order chi connectivity index (χ1) is 12.5. The van der Waals surface area contributed by atoms with Crippen molar-refractivity contribution in [1.82, 2.24) is 9.97 Å². The standard InChI is InChI=1S/C19H12ClN3O3/c20-18(24)16-12-21-19(14-4-2-1-3-5-14)22-17(16)11-8-13-6-9-15(10-7-13)23(25)26/h1-12H/b11-8+. The van der Waals surface area contributed by atoms with Gasteiger partial charge in [-0.15, -0.1) is 0 Å². The second-order valence-corrected chi connectivity index (χ2v) is 5.66. The number of hydrogen-bond donors (Lipinski definition) is 0. The second kappa shape index (κ2) is 7.67. The van der Waals surface area contributed by atoms with Crippen molar-refractivity contribution in [3.63, 3.8) is 0 Å². The molecular formula is C19H12ClN3O3.